The minimum atomic E-state index is 0.0488. The van der Waals surface area contributed by atoms with Gasteiger partial charge in [0.1, 0.15) is 0 Å². The molecule has 0 spiro atoms. The Hall–Kier alpha value is -1.96. The van der Waals surface area contributed by atoms with Crippen LogP contribution in [-0.4, -0.2) is 0 Å². The summed E-state index contributed by atoms with van der Waals surface area (Å²) in [5, 5.41) is 0. The molecule has 2 aromatic carbocycles. The molecule has 0 saturated carbocycles. The van der Waals surface area contributed by atoms with Crippen molar-refractivity contribution in [2.75, 3.05) is 11.5 Å². The van der Waals surface area contributed by atoms with E-state index in [-0.39, 0.29) is 10.8 Å². The van der Waals surface area contributed by atoms with E-state index in [0.29, 0.717) is 0 Å². The molecule has 0 amide bonds. The summed E-state index contributed by atoms with van der Waals surface area (Å²) in [6.45, 7) is 4.69. The van der Waals surface area contributed by atoms with Gasteiger partial charge >= 0.3 is 0 Å². The van der Waals surface area contributed by atoms with Crippen molar-refractivity contribution in [3.63, 3.8) is 0 Å². The zero-order chi connectivity index (χ0) is 14.1. The van der Waals surface area contributed by atoms with Crippen molar-refractivity contribution in [2.45, 2.75) is 37.5 Å². The molecule has 3 aliphatic rings. The van der Waals surface area contributed by atoms with Gasteiger partial charge in [-0.2, -0.15) is 0 Å². The smallest absolute Gasteiger partial charge is 0.0317 e. The van der Waals surface area contributed by atoms with Crippen LogP contribution in [0.2, 0.25) is 0 Å². The van der Waals surface area contributed by atoms with Crippen LogP contribution in [0.25, 0.3) is 0 Å². The van der Waals surface area contributed by atoms with Gasteiger partial charge in [-0.3, -0.25) is 0 Å². The molecule has 0 radical (unpaired) electrons. The number of anilines is 2. The Balaban J connectivity index is 2.12. The summed E-state index contributed by atoms with van der Waals surface area (Å²) in [7, 11) is 0. The van der Waals surface area contributed by atoms with Crippen LogP contribution in [0.3, 0.4) is 0 Å². The van der Waals surface area contributed by atoms with Crippen molar-refractivity contribution in [1.29, 1.82) is 0 Å². The van der Waals surface area contributed by atoms with E-state index in [1.165, 1.54) is 28.7 Å². The molecule has 2 bridgehead atoms. The molecule has 4 N–H and O–H groups in total. The first kappa shape index (κ1) is 11.8. The van der Waals surface area contributed by atoms with E-state index < -0.39 is 0 Å². The molecular formula is C18H20N2. The second-order valence-electron chi connectivity index (χ2n) is 6.77. The van der Waals surface area contributed by atoms with E-state index in [4.69, 9.17) is 11.5 Å². The topological polar surface area (TPSA) is 52.0 Å². The average molecular weight is 264 g/mol. The third-order valence-corrected chi connectivity index (χ3v) is 5.59. The number of nitrogens with two attached hydrogens (primary N) is 2. The van der Waals surface area contributed by atoms with Gasteiger partial charge in [0.2, 0.25) is 0 Å². The first-order valence-electron chi connectivity index (χ1n) is 7.26. The Labute approximate surface area is 119 Å². The van der Waals surface area contributed by atoms with Crippen molar-refractivity contribution in [2.24, 2.45) is 0 Å². The monoisotopic (exact) mass is 264 g/mol. The molecule has 102 valence electrons. The van der Waals surface area contributed by atoms with Crippen LogP contribution in [0.1, 0.15) is 48.9 Å². The summed E-state index contributed by atoms with van der Waals surface area (Å²) in [5.74, 6) is 0. The van der Waals surface area contributed by atoms with Crippen LogP contribution >= 0.6 is 0 Å². The molecule has 2 heteroatoms. The fourth-order valence-corrected chi connectivity index (χ4v) is 4.33. The molecule has 0 aliphatic heterocycles. The molecular weight excluding hydrogens is 244 g/mol. The van der Waals surface area contributed by atoms with Gasteiger partial charge in [0.05, 0.1) is 0 Å². The van der Waals surface area contributed by atoms with Crippen molar-refractivity contribution >= 4 is 11.4 Å². The third-order valence-electron chi connectivity index (χ3n) is 5.59. The lowest BCUT2D eigenvalue weighted by atomic mass is 9.50. The molecule has 0 saturated heterocycles. The van der Waals surface area contributed by atoms with E-state index in [0.717, 1.165) is 17.8 Å². The number of rotatable bonds is 0. The lowest BCUT2D eigenvalue weighted by Gasteiger charge is -2.53. The van der Waals surface area contributed by atoms with Crippen LogP contribution < -0.4 is 11.5 Å². The van der Waals surface area contributed by atoms with Gasteiger partial charge in [-0.05, 0) is 59.4 Å². The normalized spacial score (nSPS) is 29.9. The Morgan fingerprint density at radius 2 is 1.10 bits per heavy atom. The highest BCUT2D eigenvalue weighted by Gasteiger charge is 2.51. The van der Waals surface area contributed by atoms with E-state index in [1.807, 2.05) is 12.1 Å². The lowest BCUT2D eigenvalue weighted by Crippen LogP contribution is -2.46. The maximum absolute atomic E-state index is 6.04. The fourth-order valence-electron chi connectivity index (χ4n) is 4.33. The summed E-state index contributed by atoms with van der Waals surface area (Å²) >= 11 is 0. The zero-order valence-corrected chi connectivity index (χ0v) is 12.0. The second-order valence-corrected chi connectivity index (χ2v) is 6.77. The van der Waals surface area contributed by atoms with E-state index in [1.54, 1.807) is 0 Å². The minimum absolute atomic E-state index is 0.0488. The van der Waals surface area contributed by atoms with Crippen LogP contribution in [0.5, 0.6) is 0 Å². The summed E-state index contributed by atoms with van der Waals surface area (Å²) in [6.07, 6.45) is 2.35. The Morgan fingerprint density at radius 3 is 1.55 bits per heavy atom. The highest BCUT2D eigenvalue weighted by Crippen LogP contribution is 2.59. The summed E-state index contributed by atoms with van der Waals surface area (Å²) in [5.41, 5.74) is 19.6. The number of hydrogen-bond donors (Lipinski definition) is 2. The number of fused-ring (bicyclic) bond motifs is 1. The largest absolute Gasteiger partial charge is 0.399 e. The number of benzene rings is 2. The highest BCUT2D eigenvalue weighted by atomic mass is 14.6. The molecule has 0 atom stereocenters. The van der Waals surface area contributed by atoms with Gasteiger partial charge < -0.3 is 11.5 Å². The fraction of sp³-hybridized carbons (Fsp3) is 0.333. The van der Waals surface area contributed by atoms with Crippen LogP contribution in [0.4, 0.5) is 11.4 Å². The van der Waals surface area contributed by atoms with E-state index >= 15 is 0 Å². The summed E-state index contributed by atoms with van der Waals surface area (Å²) < 4.78 is 0. The van der Waals surface area contributed by atoms with E-state index in [2.05, 4.69) is 38.1 Å². The third kappa shape index (κ3) is 1.20. The molecule has 5 rings (SSSR count). The van der Waals surface area contributed by atoms with Crippen LogP contribution in [0, 0.1) is 0 Å². The molecule has 20 heavy (non-hydrogen) atoms. The highest BCUT2D eigenvalue weighted by molar-refractivity contribution is 5.66. The average Bonchev–Trinajstić information content (AvgIpc) is 2.42. The summed E-state index contributed by atoms with van der Waals surface area (Å²) in [4.78, 5) is 0. The molecule has 0 unspecified atom stereocenters. The standard InChI is InChI=1S/C18H20N2/c1-17-7-8-18(2,15-9-11(19)3-5-13(15)17)16-10-12(20)4-6-14(16)17/h3-6,9-10H,7-8,19-20H2,1-2H3. The molecule has 3 aliphatic carbocycles. The van der Waals surface area contributed by atoms with Crippen molar-refractivity contribution in [3.8, 4) is 0 Å². The zero-order valence-electron chi connectivity index (χ0n) is 12.0. The Bertz CT molecular complexity index is 677. The maximum atomic E-state index is 6.04. The van der Waals surface area contributed by atoms with Gasteiger partial charge in [-0.15, -0.1) is 0 Å². The first-order valence-corrected chi connectivity index (χ1v) is 7.26. The van der Waals surface area contributed by atoms with Gasteiger partial charge in [-0.1, -0.05) is 26.0 Å². The van der Waals surface area contributed by atoms with Crippen molar-refractivity contribution < 1.29 is 0 Å². The van der Waals surface area contributed by atoms with Crippen LogP contribution in [-0.2, 0) is 10.8 Å². The quantitative estimate of drug-likeness (QED) is 0.715. The Kier molecular flexibility index (Phi) is 2.00. The van der Waals surface area contributed by atoms with Crippen LogP contribution in [0.15, 0.2) is 36.4 Å². The van der Waals surface area contributed by atoms with Gasteiger partial charge in [0, 0.05) is 22.2 Å². The Morgan fingerprint density at radius 1 is 0.700 bits per heavy atom. The molecule has 0 fully saturated rings. The summed E-state index contributed by atoms with van der Waals surface area (Å²) in [6, 6.07) is 12.8. The van der Waals surface area contributed by atoms with Gasteiger partial charge in [0.15, 0.2) is 0 Å². The van der Waals surface area contributed by atoms with Gasteiger partial charge in [-0.25, -0.2) is 0 Å². The molecule has 0 heterocycles. The minimum Gasteiger partial charge on any atom is -0.399 e. The predicted octanol–water partition coefficient (Wildman–Crippen LogP) is 3.57. The van der Waals surface area contributed by atoms with Crippen molar-refractivity contribution in [1.82, 2.24) is 0 Å². The molecule has 2 aromatic rings. The second kappa shape index (κ2) is 3.38. The van der Waals surface area contributed by atoms with Crippen molar-refractivity contribution in [3.05, 3.63) is 58.7 Å². The number of nitrogen functional groups attached to an aromatic ring is 2. The van der Waals surface area contributed by atoms with Gasteiger partial charge in [0.25, 0.3) is 0 Å². The first-order chi connectivity index (χ1) is 9.45. The predicted molar refractivity (Wildman–Crippen MR) is 83.9 cm³/mol. The molecule has 0 aromatic heterocycles. The lowest BCUT2D eigenvalue weighted by molar-refractivity contribution is 0.327. The van der Waals surface area contributed by atoms with E-state index in [9.17, 15) is 0 Å². The molecule has 2 nitrogen and oxygen atoms in total. The SMILES string of the molecule is CC12CCC(C)(c3cc(N)ccc31)c1cc(N)ccc12. The number of hydrogen-bond acceptors (Lipinski definition) is 2. The maximum Gasteiger partial charge on any atom is 0.0317 e.